The first-order valence-electron chi connectivity index (χ1n) is 7.54. The van der Waals surface area contributed by atoms with Gasteiger partial charge in [-0.3, -0.25) is 4.79 Å². The normalized spacial score (nSPS) is 15.5. The third kappa shape index (κ3) is 3.45. The van der Waals surface area contributed by atoms with E-state index in [4.69, 9.17) is 18.9 Å². The molecule has 1 N–H and O–H groups in total. The summed E-state index contributed by atoms with van der Waals surface area (Å²) in [6.45, 7) is 5.14. The minimum atomic E-state index is -0.958. The molecule has 0 aromatic heterocycles. The summed E-state index contributed by atoms with van der Waals surface area (Å²) in [7, 11) is 1.48. The summed E-state index contributed by atoms with van der Waals surface area (Å²) in [5, 5.41) is 9.93. The van der Waals surface area contributed by atoms with Crippen LogP contribution in [0.1, 0.15) is 31.1 Å². The van der Waals surface area contributed by atoms with Crippen LogP contribution in [-0.2, 0) is 9.53 Å². The van der Waals surface area contributed by atoms with Crippen molar-refractivity contribution < 1.29 is 33.6 Å². The molecule has 0 bridgehead atoms. The Morgan fingerprint density at radius 3 is 2.62 bits per heavy atom. The number of carbonyl (C=O) groups excluding carboxylic acids is 2. The Balaban J connectivity index is 2.45. The lowest BCUT2D eigenvalue weighted by Crippen LogP contribution is -2.24. The maximum atomic E-state index is 12.6. The molecule has 0 fully saturated rings. The molecule has 0 amide bonds. The number of hydrogen-bond acceptors (Lipinski definition) is 7. The number of rotatable bonds is 5. The molecule has 1 aromatic rings. The molecule has 1 aliphatic rings. The summed E-state index contributed by atoms with van der Waals surface area (Å²) in [6.07, 6.45) is -0.125. The van der Waals surface area contributed by atoms with Gasteiger partial charge in [-0.25, -0.2) is 4.79 Å². The van der Waals surface area contributed by atoms with Crippen LogP contribution in [0.4, 0.5) is 0 Å². The maximum absolute atomic E-state index is 12.6. The number of esters is 1. The van der Waals surface area contributed by atoms with E-state index in [9.17, 15) is 14.7 Å². The summed E-state index contributed by atoms with van der Waals surface area (Å²) < 4.78 is 21.1. The van der Waals surface area contributed by atoms with E-state index < -0.39 is 17.5 Å². The van der Waals surface area contributed by atoms with Crippen molar-refractivity contribution >= 4 is 11.8 Å². The standard InChI is InChI=1S/C17H20O7/c1-5-22-17(20)16(19)11-8-23-12-7-13(21-4)14(24-9(2)3)6-10(12)15(11)18/h6-7,9,19H,5,8H2,1-4H3/b16-11-. The molecule has 0 unspecified atom stereocenters. The van der Waals surface area contributed by atoms with Crippen molar-refractivity contribution in [2.45, 2.75) is 26.9 Å². The van der Waals surface area contributed by atoms with Gasteiger partial charge in [-0.1, -0.05) is 0 Å². The smallest absolute Gasteiger partial charge is 0.373 e. The first kappa shape index (κ1) is 17.7. The molecule has 7 nitrogen and oxygen atoms in total. The van der Waals surface area contributed by atoms with Crippen LogP contribution < -0.4 is 14.2 Å². The fraction of sp³-hybridized carbons (Fsp3) is 0.412. The van der Waals surface area contributed by atoms with Gasteiger partial charge in [0.2, 0.25) is 5.76 Å². The number of hydrogen-bond donors (Lipinski definition) is 1. The van der Waals surface area contributed by atoms with Crippen LogP contribution in [-0.4, -0.2) is 43.3 Å². The summed E-state index contributed by atoms with van der Waals surface area (Å²) >= 11 is 0. The van der Waals surface area contributed by atoms with Gasteiger partial charge in [-0.05, 0) is 26.8 Å². The minimum absolute atomic E-state index is 0.0887. The number of carbonyl (C=O) groups is 2. The van der Waals surface area contributed by atoms with Gasteiger partial charge in [0.25, 0.3) is 0 Å². The molecule has 1 aromatic carbocycles. The highest BCUT2D eigenvalue weighted by Gasteiger charge is 2.31. The van der Waals surface area contributed by atoms with Gasteiger partial charge in [-0.2, -0.15) is 0 Å². The third-order valence-corrected chi connectivity index (χ3v) is 3.27. The van der Waals surface area contributed by atoms with Crippen molar-refractivity contribution in [1.29, 1.82) is 0 Å². The molecule has 1 aliphatic heterocycles. The average Bonchev–Trinajstić information content (AvgIpc) is 2.54. The van der Waals surface area contributed by atoms with E-state index in [2.05, 4.69) is 0 Å². The van der Waals surface area contributed by atoms with E-state index in [1.165, 1.54) is 13.2 Å². The number of Topliss-reactive ketones (excluding diaryl/α,β-unsaturated/α-hetero) is 1. The van der Waals surface area contributed by atoms with Crippen LogP contribution in [0.25, 0.3) is 0 Å². The lowest BCUT2D eigenvalue weighted by Gasteiger charge is -2.22. The van der Waals surface area contributed by atoms with Crippen LogP contribution in [0, 0.1) is 0 Å². The zero-order valence-electron chi connectivity index (χ0n) is 14.0. The molecule has 1 heterocycles. The molecule has 0 spiro atoms. The van der Waals surface area contributed by atoms with Crippen molar-refractivity contribution in [3.63, 3.8) is 0 Å². The number of ether oxygens (including phenoxy) is 4. The van der Waals surface area contributed by atoms with Crippen molar-refractivity contribution in [3.8, 4) is 17.2 Å². The fourth-order valence-electron chi connectivity index (χ4n) is 2.22. The van der Waals surface area contributed by atoms with Crippen molar-refractivity contribution in [3.05, 3.63) is 29.0 Å². The molecule has 7 heteroatoms. The highest BCUT2D eigenvalue weighted by molar-refractivity contribution is 6.15. The minimum Gasteiger partial charge on any atom is -0.501 e. The van der Waals surface area contributed by atoms with Gasteiger partial charge in [0.15, 0.2) is 17.3 Å². The van der Waals surface area contributed by atoms with Crippen molar-refractivity contribution in [2.75, 3.05) is 20.3 Å². The summed E-state index contributed by atoms with van der Waals surface area (Å²) in [5.74, 6) is -1.11. The van der Waals surface area contributed by atoms with Crippen LogP contribution in [0.2, 0.25) is 0 Å². The summed E-state index contributed by atoms with van der Waals surface area (Å²) in [6, 6.07) is 3.03. The SMILES string of the molecule is CCOC(=O)/C(O)=C1\COc2cc(OC)c(OC(C)C)cc2C1=O. The van der Waals surface area contributed by atoms with E-state index in [1.807, 2.05) is 13.8 Å². The monoisotopic (exact) mass is 336 g/mol. The summed E-state index contributed by atoms with van der Waals surface area (Å²) in [4.78, 5) is 24.2. The molecule has 0 saturated heterocycles. The maximum Gasteiger partial charge on any atom is 0.373 e. The van der Waals surface area contributed by atoms with E-state index in [-0.39, 0.29) is 30.5 Å². The highest BCUT2D eigenvalue weighted by Crippen LogP contribution is 2.38. The van der Waals surface area contributed by atoms with Crippen LogP contribution in [0.15, 0.2) is 23.5 Å². The molecule has 0 radical (unpaired) electrons. The van der Waals surface area contributed by atoms with Gasteiger partial charge in [0.05, 0.1) is 31.0 Å². The second-order valence-electron chi connectivity index (χ2n) is 5.33. The molecule has 24 heavy (non-hydrogen) atoms. The zero-order chi connectivity index (χ0) is 17.9. The predicted octanol–water partition coefficient (Wildman–Crippen LogP) is 2.43. The quantitative estimate of drug-likeness (QED) is 0.501. The van der Waals surface area contributed by atoms with Gasteiger partial charge in [-0.15, -0.1) is 0 Å². The van der Waals surface area contributed by atoms with Gasteiger partial charge in [0.1, 0.15) is 12.4 Å². The molecular formula is C17H20O7. The number of benzene rings is 1. The molecule has 0 atom stereocenters. The van der Waals surface area contributed by atoms with Crippen molar-refractivity contribution in [2.24, 2.45) is 0 Å². The fourth-order valence-corrected chi connectivity index (χ4v) is 2.22. The second-order valence-corrected chi connectivity index (χ2v) is 5.33. The van der Waals surface area contributed by atoms with Crippen LogP contribution in [0.3, 0.4) is 0 Å². The lowest BCUT2D eigenvalue weighted by molar-refractivity contribution is -0.141. The Morgan fingerprint density at radius 2 is 2.04 bits per heavy atom. The molecule has 0 aliphatic carbocycles. The van der Waals surface area contributed by atoms with Gasteiger partial charge < -0.3 is 24.1 Å². The van der Waals surface area contributed by atoms with E-state index in [0.717, 1.165) is 0 Å². The first-order valence-corrected chi connectivity index (χ1v) is 7.54. The largest absolute Gasteiger partial charge is 0.501 e. The predicted molar refractivity (Wildman–Crippen MR) is 84.9 cm³/mol. The number of ketones is 1. The number of fused-ring (bicyclic) bond motifs is 1. The van der Waals surface area contributed by atoms with Crippen molar-refractivity contribution in [1.82, 2.24) is 0 Å². The third-order valence-electron chi connectivity index (χ3n) is 3.27. The van der Waals surface area contributed by atoms with Gasteiger partial charge >= 0.3 is 5.97 Å². The van der Waals surface area contributed by atoms with E-state index >= 15 is 0 Å². The Kier molecular flexibility index (Phi) is 5.33. The van der Waals surface area contributed by atoms with Crippen LogP contribution >= 0.6 is 0 Å². The lowest BCUT2D eigenvalue weighted by atomic mass is 9.98. The number of aliphatic hydroxyl groups excluding tert-OH is 1. The first-order chi connectivity index (χ1) is 11.4. The highest BCUT2D eigenvalue weighted by atomic mass is 16.5. The average molecular weight is 336 g/mol. The summed E-state index contributed by atoms with van der Waals surface area (Å²) in [5.41, 5.74) is 0.0326. The Hall–Kier alpha value is -2.70. The Labute approximate surface area is 139 Å². The second kappa shape index (κ2) is 7.25. The number of aliphatic hydroxyl groups is 1. The molecule has 130 valence electrons. The van der Waals surface area contributed by atoms with E-state index in [0.29, 0.717) is 17.2 Å². The topological polar surface area (TPSA) is 91.3 Å². The van der Waals surface area contributed by atoms with Crippen LogP contribution in [0.5, 0.6) is 17.2 Å². The Bertz CT molecular complexity index is 688. The van der Waals surface area contributed by atoms with Gasteiger partial charge in [0, 0.05) is 6.07 Å². The Morgan fingerprint density at radius 1 is 1.33 bits per heavy atom. The molecule has 2 rings (SSSR count). The number of methoxy groups -OCH3 is 1. The van der Waals surface area contributed by atoms with E-state index in [1.54, 1.807) is 13.0 Å². The molecular weight excluding hydrogens is 316 g/mol. The molecule has 0 saturated carbocycles. The zero-order valence-corrected chi connectivity index (χ0v) is 14.0.